The molecule has 0 aromatic carbocycles. The van der Waals surface area contributed by atoms with Gasteiger partial charge in [-0.1, -0.05) is 0 Å². The zero-order valence-electron chi connectivity index (χ0n) is 17.2. The molecule has 7 nitrogen and oxygen atoms in total. The highest BCUT2D eigenvalue weighted by atomic mass is 16.6. The van der Waals surface area contributed by atoms with Crippen LogP contribution in [0, 0.1) is 13.8 Å². The number of aryl methyl sites for hydroxylation is 2. The number of amides is 1. The molecule has 2 aromatic heterocycles. The average molecular weight is 385 g/mol. The smallest absolute Gasteiger partial charge is 0.408 e. The first-order valence-corrected chi connectivity index (χ1v) is 9.03. The van der Waals surface area contributed by atoms with Gasteiger partial charge in [-0.05, 0) is 62.9 Å². The topological polar surface area (TPSA) is 90.4 Å². The van der Waals surface area contributed by atoms with Gasteiger partial charge in [0.2, 0.25) is 0 Å². The molecule has 7 heteroatoms. The molecule has 0 aliphatic heterocycles. The summed E-state index contributed by atoms with van der Waals surface area (Å²) in [6.07, 6.45) is 6.32. The lowest BCUT2D eigenvalue weighted by atomic mass is 9.96. The van der Waals surface area contributed by atoms with Crippen LogP contribution in [0.25, 0.3) is 11.1 Å². The van der Waals surface area contributed by atoms with Crippen LogP contribution in [0.4, 0.5) is 4.79 Å². The Kier molecular flexibility index (Phi) is 6.72. The van der Waals surface area contributed by atoms with Crippen molar-refractivity contribution in [3.63, 3.8) is 0 Å². The van der Waals surface area contributed by atoms with Gasteiger partial charge in [0.1, 0.15) is 5.60 Å². The highest BCUT2D eigenvalue weighted by Crippen LogP contribution is 2.28. The predicted octanol–water partition coefficient (Wildman–Crippen LogP) is 3.89. The molecule has 2 aromatic rings. The highest BCUT2D eigenvalue weighted by Gasteiger charge is 2.24. The number of carbonyl (C=O) groups is 2. The second kappa shape index (κ2) is 8.82. The summed E-state index contributed by atoms with van der Waals surface area (Å²) >= 11 is 0. The molecule has 0 fully saturated rings. The number of ether oxygens (including phenoxy) is 2. The van der Waals surface area contributed by atoms with Crippen LogP contribution in [-0.4, -0.2) is 34.7 Å². The summed E-state index contributed by atoms with van der Waals surface area (Å²) in [5, 5.41) is 2.75. The third-order valence-corrected chi connectivity index (χ3v) is 4.06. The second-order valence-electron chi connectivity index (χ2n) is 7.63. The van der Waals surface area contributed by atoms with Gasteiger partial charge in [0.05, 0.1) is 19.6 Å². The Morgan fingerprint density at radius 1 is 1.07 bits per heavy atom. The van der Waals surface area contributed by atoms with E-state index in [-0.39, 0.29) is 6.42 Å². The van der Waals surface area contributed by atoms with E-state index in [2.05, 4.69) is 15.3 Å². The second-order valence-corrected chi connectivity index (χ2v) is 7.63. The van der Waals surface area contributed by atoms with Gasteiger partial charge in [-0.2, -0.15) is 0 Å². The van der Waals surface area contributed by atoms with Crippen molar-refractivity contribution in [3.05, 3.63) is 47.5 Å². The lowest BCUT2D eigenvalue weighted by Gasteiger charge is -2.23. The average Bonchev–Trinajstić information content (AvgIpc) is 2.59. The number of pyridine rings is 2. The fraction of sp³-hybridized carbons (Fsp3) is 0.429. The molecule has 150 valence electrons. The van der Waals surface area contributed by atoms with Gasteiger partial charge in [0.25, 0.3) is 0 Å². The summed E-state index contributed by atoms with van der Waals surface area (Å²) in [4.78, 5) is 32.7. The molecular formula is C21H27N3O4. The van der Waals surface area contributed by atoms with Gasteiger partial charge in [-0.3, -0.25) is 14.8 Å². The number of nitrogens with zero attached hydrogens (tertiary/aromatic N) is 2. The quantitative estimate of drug-likeness (QED) is 0.785. The number of esters is 1. The van der Waals surface area contributed by atoms with E-state index in [0.29, 0.717) is 5.56 Å². The summed E-state index contributed by atoms with van der Waals surface area (Å²) < 4.78 is 10.1. The molecule has 0 radical (unpaired) electrons. The van der Waals surface area contributed by atoms with Gasteiger partial charge >= 0.3 is 12.1 Å². The fourth-order valence-corrected chi connectivity index (χ4v) is 2.89. The van der Waals surface area contributed by atoms with Crippen molar-refractivity contribution in [3.8, 4) is 11.1 Å². The molecule has 2 heterocycles. The standard InChI is InChI=1S/C21H27N3O4/c1-13-9-22-10-14(2)19(13)16-7-15(11-23-12-16)17(8-18(25)27-6)24-20(26)28-21(3,4)5/h7,9-12,17H,8H2,1-6H3,(H,24,26)/t17-/m0/s1. The number of methoxy groups -OCH3 is 1. The van der Waals surface area contributed by atoms with Crippen LogP contribution in [-0.2, 0) is 14.3 Å². The van der Waals surface area contributed by atoms with Crippen LogP contribution in [0.1, 0.15) is 49.9 Å². The van der Waals surface area contributed by atoms with Gasteiger partial charge in [0, 0.05) is 30.4 Å². The summed E-state index contributed by atoms with van der Waals surface area (Å²) in [6.45, 7) is 9.29. The Balaban J connectivity index is 2.38. The monoisotopic (exact) mass is 385 g/mol. The molecule has 0 aliphatic carbocycles. The van der Waals surface area contributed by atoms with Gasteiger partial charge < -0.3 is 14.8 Å². The third-order valence-electron chi connectivity index (χ3n) is 4.06. The molecular weight excluding hydrogens is 358 g/mol. The Morgan fingerprint density at radius 3 is 2.25 bits per heavy atom. The summed E-state index contributed by atoms with van der Waals surface area (Å²) in [7, 11) is 1.31. The van der Waals surface area contributed by atoms with Crippen molar-refractivity contribution < 1.29 is 19.1 Å². The molecule has 2 rings (SSSR count). The summed E-state index contributed by atoms with van der Waals surface area (Å²) in [6, 6.07) is 1.28. The summed E-state index contributed by atoms with van der Waals surface area (Å²) in [5.41, 5.74) is 3.98. The fourth-order valence-electron chi connectivity index (χ4n) is 2.89. The first kappa shape index (κ1) is 21.3. The van der Waals surface area contributed by atoms with Crippen LogP contribution in [0.5, 0.6) is 0 Å². The number of aromatic nitrogens is 2. The Hall–Kier alpha value is -2.96. The van der Waals surface area contributed by atoms with E-state index < -0.39 is 23.7 Å². The molecule has 0 bridgehead atoms. The minimum Gasteiger partial charge on any atom is -0.469 e. The third kappa shape index (κ3) is 5.77. The van der Waals surface area contributed by atoms with Crippen molar-refractivity contribution in [2.75, 3.05) is 7.11 Å². The molecule has 1 N–H and O–H groups in total. The minimum absolute atomic E-state index is 0.0326. The van der Waals surface area contributed by atoms with E-state index in [1.165, 1.54) is 7.11 Å². The maximum absolute atomic E-state index is 12.3. The molecule has 28 heavy (non-hydrogen) atoms. The van der Waals surface area contributed by atoms with Gasteiger partial charge in [-0.15, -0.1) is 0 Å². The highest BCUT2D eigenvalue weighted by molar-refractivity contribution is 5.74. The summed E-state index contributed by atoms with van der Waals surface area (Å²) in [5.74, 6) is -0.442. The van der Waals surface area contributed by atoms with E-state index in [9.17, 15) is 9.59 Å². The molecule has 0 spiro atoms. The zero-order valence-corrected chi connectivity index (χ0v) is 17.2. The molecule has 0 aliphatic rings. The lowest BCUT2D eigenvalue weighted by Crippen LogP contribution is -2.36. The van der Waals surface area contributed by atoms with Crippen molar-refractivity contribution >= 4 is 12.1 Å². The van der Waals surface area contributed by atoms with Crippen molar-refractivity contribution in [2.45, 2.75) is 52.7 Å². The van der Waals surface area contributed by atoms with Crippen LogP contribution in [0.2, 0.25) is 0 Å². The van der Waals surface area contributed by atoms with E-state index in [4.69, 9.17) is 9.47 Å². The first-order chi connectivity index (χ1) is 13.1. The van der Waals surface area contributed by atoms with E-state index in [0.717, 1.165) is 22.3 Å². The molecule has 0 saturated heterocycles. The van der Waals surface area contributed by atoms with Crippen LogP contribution >= 0.6 is 0 Å². The van der Waals surface area contributed by atoms with E-state index in [1.807, 2.05) is 19.9 Å². The SMILES string of the molecule is COC(=O)C[C@H](NC(=O)OC(C)(C)C)c1cncc(-c2c(C)cncc2C)c1. The minimum atomic E-state index is -0.648. The number of hydrogen-bond donors (Lipinski definition) is 1. The van der Waals surface area contributed by atoms with Gasteiger partial charge in [-0.25, -0.2) is 4.79 Å². The predicted molar refractivity (Wildman–Crippen MR) is 106 cm³/mol. The lowest BCUT2D eigenvalue weighted by molar-refractivity contribution is -0.141. The Labute approximate surface area is 165 Å². The molecule has 0 unspecified atom stereocenters. The van der Waals surface area contributed by atoms with Crippen LogP contribution in [0.3, 0.4) is 0 Å². The van der Waals surface area contributed by atoms with Crippen LogP contribution in [0.15, 0.2) is 30.9 Å². The Morgan fingerprint density at radius 2 is 1.68 bits per heavy atom. The van der Waals surface area contributed by atoms with Crippen molar-refractivity contribution in [1.82, 2.24) is 15.3 Å². The largest absolute Gasteiger partial charge is 0.469 e. The molecule has 1 atom stereocenters. The normalized spacial score (nSPS) is 12.2. The molecule has 1 amide bonds. The van der Waals surface area contributed by atoms with Crippen LogP contribution < -0.4 is 5.32 Å². The number of rotatable bonds is 5. The van der Waals surface area contributed by atoms with Gasteiger partial charge in [0.15, 0.2) is 0 Å². The number of nitrogens with one attached hydrogen (secondary N) is 1. The number of hydrogen-bond acceptors (Lipinski definition) is 6. The maximum Gasteiger partial charge on any atom is 0.408 e. The zero-order chi connectivity index (χ0) is 20.9. The Bertz CT molecular complexity index is 839. The van der Waals surface area contributed by atoms with E-state index in [1.54, 1.807) is 45.6 Å². The van der Waals surface area contributed by atoms with E-state index >= 15 is 0 Å². The molecule has 0 saturated carbocycles. The number of alkyl carbamates (subject to hydrolysis) is 1. The maximum atomic E-state index is 12.3. The van der Waals surface area contributed by atoms with Crippen molar-refractivity contribution in [1.29, 1.82) is 0 Å². The number of carbonyl (C=O) groups excluding carboxylic acids is 2. The van der Waals surface area contributed by atoms with Crippen molar-refractivity contribution in [2.24, 2.45) is 0 Å². The first-order valence-electron chi connectivity index (χ1n) is 9.03.